The lowest BCUT2D eigenvalue weighted by Crippen LogP contribution is -2.43. The molecule has 5 nitrogen and oxygen atoms in total. The number of hydrogen-bond acceptors (Lipinski definition) is 4. The minimum atomic E-state index is -0.408. The number of benzene rings is 1. The highest BCUT2D eigenvalue weighted by Crippen LogP contribution is 2.25. The Labute approximate surface area is 153 Å². The highest BCUT2D eigenvalue weighted by atomic mass is 16.5. The maximum Gasteiger partial charge on any atom is 0.347 e. The summed E-state index contributed by atoms with van der Waals surface area (Å²) in [6, 6.07) is 7.90. The number of nitrogens with one attached hydrogen (secondary N) is 2. The van der Waals surface area contributed by atoms with E-state index in [2.05, 4.69) is 42.1 Å². The molecule has 0 saturated heterocycles. The van der Waals surface area contributed by atoms with E-state index in [1.807, 2.05) is 36.4 Å². The highest BCUT2D eigenvalue weighted by molar-refractivity contribution is 5.54. The van der Waals surface area contributed by atoms with Gasteiger partial charge in [0.25, 0.3) is 0 Å². The van der Waals surface area contributed by atoms with Gasteiger partial charge in [0.2, 0.25) is 0 Å². The molecule has 0 fully saturated rings. The molecule has 1 aromatic carbocycles. The number of H-pyrrole nitrogens is 1. The van der Waals surface area contributed by atoms with Gasteiger partial charge in [0.1, 0.15) is 11.6 Å². The van der Waals surface area contributed by atoms with Crippen molar-refractivity contribution in [3.8, 4) is 5.75 Å². The van der Waals surface area contributed by atoms with E-state index in [9.17, 15) is 4.79 Å². The third-order valence-electron chi connectivity index (χ3n) is 4.72. The van der Waals surface area contributed by atoms with Crippen LogP contribution in [-0.2, 0) is 5.54 Å². The molecule has 1 aromatic heterocycles. The molecule has 3 rings (SSSR count). The number of aromatic nitrogens is 2. The summed E-state index contributed by atoms with van der Waals surface area (Å²) in [5.74, 6) is 1.41. The second kappa shape index (κ2) is 7.20. The predicted octanol–water partition coefficient (Wildman–Crippen LogP) is 2.43. The number of allylic oxidation sites excluding steroid dienone is 2. The maximum atomic E-state index is 12.1. The number of fused-ring (bicyclic) bond motifs is 1. The molecule has 0 saturated carbocycles. The van der Waals surface area contributed by atoms with Gasteiger partial charge in [0, 0.05) is 5.22 Å². The largest absolute Gasteiger partial charge is 0.497 e. The Balaban J connectivity index is 2.10. The van der Waals surface area contributed by atoms with Crippen LogP contribution < -0.4 is 26.3 Å². The standard InChI is InChI=1S/C21H25N3O2/c1-14-8-6-5-7-9-17-18(14)22-20(25)23-19(17)24-21(2,3)15-10-12-16(26-4)13-11-15/h5,7,9-13H,6,8H2,1-4H3,(H2,22,23,24,25). The van der Waals surface area contributed by atoms with E-state index >= 15 is 0 Å². The molecule has 0 radical (unpaired) electrons. The lowest BCUT2D eigenvalue weighted by atomic mass is 9.94. The van der Waals surface area contributed by atoms with Crippen LogP contribution in [0.15, 0.2) is 41.2 Å². The third kappa shape index (κ3) is 3.72. The quantitative estimate of drug-likeness (QED) is 0.888. The minimum Gasteiger partial charge on any atom is -0.497 e. The van der Waals surface area contributed by atoms with E-state index in [1.54, 1.807) is 7.11 Å². The molecule has 1 aliphatic carbocycles. The molecule has 2 aromatic rings. The highest BCUT2D eigenvalue weighted by Gasteiger charge is 2.22. The molecule has 5 heteroatoms. The van der Waals surface area contributed by atoms with Crippen LogP contribution in [0.3, 0.4) is 0 Å². The average Bonchev–Trinajstić information content (AvgIpc) is 2.60. The molecule has 0 aliphatic heterocycles. The first-order valence-corrected chi connectivity index (χ1v) is 8.80. The smallest absolute Gasteiger partial charge is 0.347 e. The molecule has 0 unspecified atom stereocenters. The normalized spacial score (nSPS) is 14.1. The van der Waals surface area contributed by atoms with Gasteiger partial charge in [-0.2, -0.15) is 4.98 Å². The van der Waals surface area contributed by atoms with Crippen molar-refractivity contribution in [3.63, 3.8) is 0 Å². The summed E-state index contributed by atoms with van der Waals surface area (Å²) in [6.07, 6.45) is 8.05. The van der Waals surface area contributed by atoms with Gasteiger partial charge < -0.3 is 15.0 Å². The number of nitrogens with zero attached hydrogens (tertiary/aromatic N) is 1. The van der Waals surface area contributed by atoms with Crippen LogP contribution in [0.4, 0.5) is 5.82 Å². The van der Waals surface area contributed by atoms with Gasteiger partial charge >= 0.3 is 5.69 Å². The first kappa shape index (κ1) is 18.0. The van der Waals surface area contributed by atoms with Crippen molar-refractivity contribution in [1.82, 2.24) is 9.97 Å². The Morgan fingerprint density at radius 1 is 1.23 bits per heavy atom. The molecule has 2 N–H and O–H groups in total. The second-order valence-corrected chi connectivity index (χ2v) is 7.07. The zero-order chi connectivity index (χ0) is 18.7. The van der Waals surface area contributed by atoms with Crippen molar-refractivity contribution in [2.75, 3.05) is 12.4 Å². The van der Waals surface area contributed by atoms with Crippen molar-refractivity contribution in [3.05, 3.63) is 63.0 Å². The van der Waals surface area contributed by atoms with Gasteiger partial charge in [-0.05, 0) is 63.0 Å². The maximum absolute atomic E-state index is 12.1. The summed E-state index contributed by atoms with van der Waals surface area (Å²) in [7, 11) is 1.65. The van der Waals surface area contributed by atoms with Crippen molar-refractivity contribution in [1.29, 1.82) is 0 Å². The van der Waals surface area contributed by atoms with Gasteiger partial charge in [0.05, 0.1) is 18.0 Å². The van der Waals surface area contributed by atoms with Crippen LogP contribution in [0.1, 0.15) is 39.2 Å². The molecular weight excluding hydrogens is 326 g/mol. The molecule has 0 bridgehead atoms. The zero-order valence-corrected chi connectivity index (χ0v) is 15.7. The lowest BCUT2D eigenvalue weighted by molar-refractivity contribution is 0.414. The Morgan fingerprint density at radius 3 is 2.65 bits per heavy atom. The third-order valence-corrected chi connectivity index (χ3v) is 4.72. The molecule has 1 heterocycles. The van der Waals surface area contributed by atoms with Gasteiger partial charge in [-0.3, -0.25) is 0 Å². The first-order chi connectivity index (χ1) is 12.4. The van der Waals surface area contributed by atoms with Gasteiger partial charge in [-0.1, -0.05) is 24.3 Å². The molecule has 0 spiro atoms. The van der Waals surface area contributed by atoms with E-state index in [0.29, 0.717) is 5.82 Å². The monoisotopic (exact) mass is 351 g/mol. The van der Waals surface area contributed by atoms with Crippen LogP contribution in [0, 0.1) is 0 Å². The lowest BCUT2D eigenvalue weighted by Gasteiger charge is -2.28. The summed E-state index contributed by atoms with van der Waals surface area (Å²) >= 11 is 0. The van der Waals surface area contributed by atoms with Gasteiger partial charge in [-0.25, -0.2) is 4.79 Å². The van der Waals surface area contributed by atoms with E-state index in [4.69, 9.17) is 4.74 Å². The minimum absolute atomic E-state index is 0.339. The zero-order valence-electron chi connectivity index (χ0n) is 15.7. The number of anilines is 1. The molecule has 1 aliphatic rings. The van der Waals surface area contributed by atoms with Crippen molar-refractivity contribution in [2.24, 2.45) is 0 Å². The number of methoxy groups -OCH3 is 1. The van der Waals surface area contributed by atoms with Crippen molar-refractivity contribution in [2.45, 2.75) is 39.2 Å². The van der Waals surface area contributed by atoms with Crippen LogP contribution in [-0.4, -0.2) is 17.1 Å². The fraction of sp³-hybridized carbons (Fsp3) is 0.333. The number of hydrogen-bond donors (Lipinski definition) is 2. The van der Waals surface area contributed by atoms with E-state index in [0.717, 1.165) is 40.3 Å². The van der Waals surface area contributed by atoms with Crippen molar-refractivity contribution < 1.29 is 4.74 Å². The fourth-order valence-electron chi connectivity index (χ4n) is 3.14. The van der Waals surface area contributed by atoms with Crippen LogP contribution >= 0.6 is 0 Å². The summed E-state index contributed by atoms with van der Waals surface area (Å²) in [6.45, 7) is 6.19. The summed E-state index contributed by atoms with van der Waals surface area (Å²) in [5, 5.41) is 5.24. The van der Waals surface area contributed by atoms with Gasteiger partial charge in [-0.15, -0.1) is 0 Å². The van der Waals surface area contributed by atoms with Crippen LogP contribution in [0.5, 0.6) is 5.75 Å². The predicted molar refractivity (Wildman–Crippen MR) is 106 cm³/mol. The van der Waals surface area contributed by atoms with E-state index in [1.165, 1.54) is 0 Å². The Morgan fingerprint density at radius 2 is 1.96 bits per heavy atom. The van der Waals surface area contributed by atoms with Crippen LogP contribution in [0.2, 0.25) is 0 Å². The Kier molecular flexibility index (Phi) is 4.98. The van der Waals surface area contributed by atoms with Gasteiger partial charge in [0.15, 0.2) is 0 Å². The summed E-state index contributed by atoms with van der Waals surface area (Å²) < 4.78 is 5.23. The fourth-order valence-corrected chi connectivity index (χ4v) is 3.14. The Hall–Kier alpha value is -2.82. The molecule has 136 valence electrons. The summed E-state index contributed by atoms with van der Waals surface area (Å²) in [4.78, 5) is 19.3. The average molecular weight is 351 g/mol. The number of ether oxygens (including phenoxy) is 1. The van der Waals surface area contributed by atoms with E-state index < -0.39 is 5.54 Å². The molecule has 0 amide bonds. The summed E-state index contributed by atoms with van der Waals surface area (Å²) in [5.41, 5.74) is 1.49. The second-order valence-electron chi connectivity index (χ2n) is 7.07. The van der Waals surface area contributed by atoms with E-state index in [-0.39, 0.29) is 5.69 Å². The van der Waals surface area contributed by atoms with Crippen molar-refractivity contribution >= 4 is 17.5 Å². The number of rotatable bonds is 4. The SMILES string of the molecule is COc1ccc(C(C)(C)Nc2nc(=O)[nH]c3c2=CC=CCCC=3C)cc1. The molecule has 0 atom stereocenters. The Bertz CT molecular complexity index is 999. The first-order valence-electron chi connectivity index (χ1n) is 8.80. The van der Waals surface area contributed by atoms with Crippen LogP contribution in [0.25, 0.3) is 11.6 Å². The number of aromatic amines is 1. The molecule has 26 heavy (non-hydrogen) atoms. The molecular formula is C21H25N3O2. The topological polar surface area (TPSA) is 67.0 Å².